The van der Waals surface area contributed by atoms with Crippen LogP contribution in [-0.2, 0) is 5.41 Å². The van der Waals surface area contributed by atoms with Gasteiger partial charge in [0.15, 0.2) is 0 Å². The maximum Gasteiger partial charge on any atom is 0.0340 e. The minimum absolute atomic E-state index is 0.218. The Labute approximate surface area is 112 Å². The monoisotopic (exact) mass is 248 g/mol. The normalized spacial score (nSPS) is 13.4. The Morgan fingerprint density at radius 3 is 2.28 bits per heavy atom. The Hall–Kier alpha value is -1.02. The van der Waals surface area contributed by atoms with E-state index in [-0.39, 0.29) is 11.5 Å². The van der Waals surface area contributed by atoms with E-state index < -0.39 is 0 Å². The summed E-state index contributed by atoms with van der Waals surface area (Å²) in [6.45, 7) is 9.75. The fourth-order valence-electron chi connectivity index (χ4n) is 1.91. The summed E-state index contributed by atoms with van der Waals surface area (Å²) in [5.41, 5.74) is 8.79. The van der Waals surface area contributed by atoms with E-state index in [1.807, 2.05) is 0 Å². The lowest BCUT2D eigenvalue weighted by molar-refractivity contribution is 0.589. The average Bonchev–Trinajstić information content (AvgIpc) is 2.33. The van der Waals surface area contributed by atoms with Gasteiger partial charge in [-0.05, 0) is 29.5 Å². The van der Waals surface area contributed by atoms with E-state index in [2.05, 4.69) is 57.3 Å². The van der Waals surface area contributed by atoms with Crippen LogP contribution >= 0.6 is 0 Å². The van der Waals surface area contributed by atoms with E-state index in [4.69, 9.17) is 5.73 Å². The number of unbranched alkanes of at least 4 members (excludes halogenated alkanes) is 1. The molecule has 1 rings (SSSR count). The van der Waals surface area contributed by atoms with Gasteiger partial charge in [0, 0.05) is 18.3 Å². The molecule has 2 heteroatoms. The highest BCUT2D eigenvalue weighted by molar-refractivity contribution is 5.45. The van der Waals surface area contributed by atoms with E-state index in [0.29, 0.717) is 0 Å². The lowest BCUT2D eigenvalue weighted by Crippen LogP contribution is -2.28. The molecule has 1 aromatic carbocycles. The van der Waals surface area contributed by atoms with Crippen molar-refractivity contribution >= 4 is 5.69 Å². The standard InChI is InChI=1S/C16H28N2/c1-5-6-7-14(17)12-18-15-10-8-13(9-11-15)16(2,3)4/h8-11,14,18H,5-7,12,17H2,1-4H3. The van der Waals surface area contributed by atoms with Gasteiger partial charge in [0.05, 0.1) is 0 Å². The van der Waals surface area contributed by atoms with Gasteiger partial charge in [-0.1, -0.05) is 52.7 Å². The quantitative estimate of drug-likeness (QED) is 0.801. The highest BCUT2D eigenvalue weighted by Crippen LogP contribution is 2.23. The lowest BCUT2D eigenvalue weighted by atomic mass is 9.87. The molecule has 1 aromatic rings. The van der Waals surface area contributed by atoms with E-state index in [1.165, 1.54) is 18.4 Å². The Bertz CT molecular complexity index is 335. The zero-order chi connectivity index (χ0) is 13.6. The number of nitrogens with one attached hydrogen (secondary N) is 1. The fraction of sp³-hybridized carbons (Fsp3) is 0.625. The first-order chi connectivity index (χ1) is 8.43. The molecule has 0 bridgehead atoms. The number of hydrogen-bond acceptors (Lipinski definition) is 2. The van der Waals surface area contributed by atoms with Crippen molar-refractivity contribution in [2.75, 3.05) is 11.9 Å². The van der Waals surface area contributed by atoms with Crippen LogP contribution < -0.4 is 11.1 Å². The Morgan fingerprint density at radius 2 is 1.78 bits per heavy atom. The number of benzene rings is 1. The van der Waals surface area contributed by atoms with Crippen molar-refractivity contribution < 1.29 is 0 Å². The molecule has 3 N–H and O–H groups in total. The highest BCUT2D eigenvalue weighted by Gasteiger charge is 2.12. The second kappa shape index (κ2) is 6.79. The van der Waals surface area contributed by atoms with Gasteiger partial charge in [0.2, 0.25) is 0 Å². The first-order valence-electron chi connectivity index (χ1n) is 7.03. The third kappa shape index (κ3) is 5.09. The zero-order valence-corrected chi connectivity index (χ0v) is 12.3. The summed E-state index contributed by atoms with van der Waals surface area (Å²) in [5, 5.41) is 3.41. The molecule has 2 nitrogen and oxygen atoms in total. The summed E-state index contributed by atoms with van der Waals surface area (Å²) in [5.74, 6) is 0. The molecule has 0 aliphatic rings. The number of rotatable bonds is 6. The third-order valence-corrected chi connectivity index (χ3v) is 3.25. The lowest BCUT2D eigenvalue weighted by Gasteiger charge is -2.19. The molecule has 1 atom stereocenters. The Kier molecular flexibility index (Phi) is 5.67. The molecule has 18 heavy (non-hydrogen) atoms. The first-order valence-corrected chi connectivity index (χ1v) is 7.03. The predicted molar refractivity (Wildman–Crippen MR) is 81.1 cm³/mol. The minimum Gasteiger partial charge on any atom is -0.383 e. The van der Waals surface area contributed by atoms with Crippen LogP contribution in [0.3, 0.4) is 0 Å². The topological polar surface area (TPSA) is 38.0 Å². The maximum absolute atomic E-state index is 6.04. The van der Waals surface area contributed by atoms with Gasteiger partial charge in [-0.3, -0.25) is 0 Å². The molecule has 102 valence electrons. The minimum atomic E-state index is 0.218. The number of anilines is 1. The van der Waals surface area contributed by atoms with Gasteiger partial charge in [0.25, 0.3) is 0 Å². The molecule has 0 saturated heterocycles. The van der Waals surface area contributed by atoms with Crippen LogP contribution in [-0.4, -0.2) is 12.6 Å². The molecule has 0 fully saturated rings. The highest BCUT2D eigenvalue weighted by atomic mass is 14.9. The van der Waals surface area contributed by atoms with Crippen molar-refractivity contribution in [3.05, 3.63) is 29.8 Å². The second-order valence-corrected chi connectivity index (χ2v) is 6.11. The van der Waals surface area contributed by atoms with E-state index in [0.717, 1.165) is 18.7 Å². The van der Waals surface area contributed by atoms with Crippen molar-refractivity contribution in [2.24, 2.45) is 5.73 Å². The largest absolute Gasteiger partial charge is 0.383 e. The zero-order valence-electron chi connectivity index (χ0n) is 12.3. The molecule has 0 aromatic heterocycles. The van der Waals surface area contributed by atoms with Gasteiger partial charge >= 0.3 is 0 Å². The van der Waals surface area contributed by atoms with E-state index in [1.54, 1.807) is 0 Å². The molecule has 0 heterocycles. The van der Waals surface area contributed by atoms with Crippen molar-refractivity contribution in [2.45, 2.75) is 58.4 Å². The molecule has 0 aliphatic heterocycles. The van der Waals surface area contributed by atoms with Gasteiger partial charge in [0.1, 0.15) is 0 Å². The van der Waals surface area contributed by atoms with Gasteiger partial charge in [-0.15, -0.1) is 0 Å². The Balaban J connectivity index is 2.44. The van der Waals surface area contributed by atoms with Crippen LogP contribution in [0.5, 0.6) is 0 Å². The first kappa shape index (κ1) is 15.0. The summed E-state index contributed by atoms with van der Waals surface area (Å²) >= 11 is 0. The van der Waals surface area contributed by atoms with Crippen molar-refractivity contribution in [3.8, 4) is 0 Å². The summed E-state index contributed by atoms with van der Waals surface area (Å²) in [4.78, 5) is 0. The molecular weight excluding hydrogens is 220 g/mol. The molecular formula is C16H28N2. The van der Waals surface area contributed by atoms with Gasteiger partial charge in [-0.2, -0.15) is 0 Å². The van der Waals surface area contributed by atoms with Crippen molar-refractivity contribution in [1.82, 2.24) is 0 Å². The van der Waals surface area contributed by atoms with Crippen LogP contribution in [0.4, 0.5) is 5.69 Å². The molecule has 0 aliphatic carbocycles. The van der Waals surface area contributed by atoms with Crippen LogP contribution in [0.2, 0.25) is 0 Å². The van der Waals surface area contributed by atoms with Crippen molar-refractivity contribution in [3.63, 3.8) is 0 Å². The predicted octanol–water partition coefficient (Wildman–Crippen LogP) is 3.91. The SMILES string of the molecule is CCCCC(N)CNc1ccc(C(C)(C)C)cc1. The third-order valence-electron chi connectivity index (χ3n) is 3.25. The Morgan fingerprint density at radius 1 is 1.17 bits per heavy atom. The van der Waals surface area contributed by atoms with E-state index in [9.17, 15) is 0 Å². The maximum atomic E-state index is 6.04. The summed E-state index contributed by atoms with van der Waals surface area (Å²) in [6, 6.07) is 8.94. The molecule has 1 unspecified atom stereocenters. The van der Waals surface area contributed by atoms with Crippen LogP contribution in [0.1, 0.15) is 52.5 Å². The summed E-state index contributed by atoms with van der Waals surface area (Å²) < 4.78 is 0. The number of nitrogens with two attached hydrogens (primary N) is 1. The van der Waals surface area contributed by atoms with E-state index >= 15 is 0 Å². The van der Waals surface area contributed by atoms with Crippen molar-refractivity contribution in [1.29, 1.82) is 0 Å². The van der Waals surface area contributed by atoms with Gasteiger partial charge < -0.3 is 11.1 Å². The molecule has 0 saturated carbocycles. The molecule has 0 spiro atoms. The van der Waals surface area contributed by atoms with Gasteiger partial charge in [-0.25, -0.2) is 0 Å². The van der Waals surface area contributed by atoms with Crippen LogP contribution in [0, 0.1) is 0 Å². The van der Waals surface area contributed by atoms with Crippen LogP contribution in [0.15, 0.2) is 24.3 Å². The smallest absolute Gasteiger partial charge is 0.0340 e. The summed E-state index contributed by atoms with van der Waals surface area (Å²) in [6.07, 6.45) is 3.53. The summed E-state index contributed by atoms with van der Waals surface area (Å²) in [7, 11) is 0. The second-order valence-electron chi connectivity index (χ2n) is 6.11. The molecule has 0 amide bonds. The fourth-order valence-corrected chi connectivity index (χ4v) is 1.91. The average molecular weight is 248 g/mol. The molecule has 0 radical (unpaired) electrons. The van der Waals surface area contributed by atoms with Crippen LogP contribution in [0.25, 0.3) is 0 Å². The number of hydrogen-bond donors (Lipinski definition) is 2.